The van der Waals surface area contributed by atoms with Gasteiger partial charge in [-0.1, -0.05) is 29.3 Å². The first-order chi connectivity index (χ1) is 11.1. The maximum Gasteiger partial charge on any atom is 0.323 e. The lowest BCUT2D eigenvalue weighted by atomic mass is 10.2. The van der Waals surface area contributed by atoms with Crippen LogP contribution in [0.15, 0.2) is 55.1 Å². The van der Waals surface area contributed by atoms with Gasteiger partial charge in [-0.05, 0) is 36.4 Å². The molecule has 0 aliphatic heterocycles. The minimum Gasteiger partial charge on any atom is -0.308 e. The van der Waals surface area contributed by atoms with Crippen molar-refractivity contribution in [2.24, 2.45) is 0 Å². The third kappa shape index (κ3) is 3.80. The lowest BCUT2D eigenvalue weighted by Gasteiger charge is -2.12. The van der Waals surface area contributed by atoms with Crippen molar-refractivity contribution < 1.29 is 4.79 Å². The van der Waals surface area contributed by atoms with E-state index in [1.165, 1.54) is 17.3 Å². The predicted octanol–water partition coefficient (Wildman–Crippen LogP) is 4.22. The SMILES string of the molecule is O=C(Nc1cccc(Cl)c1)Nc1cc(Cl)ccc1-n1cncn1. The van der Waals surface area contributed by atoms with Gasteiger partial charge in [-0.25, -0.2) is 14.5 Å². The van der Waals surface area contributed by atoms with E-state index in [9.17, 15) is 4.79 Å². The van der Waals surface area contributed by atoms with Crippen molar-refractivity contribution in [3.05, 3.63) is 65.2 Å². The van der Waals surface area contributed by atoms with Crippen LogP contribution in [0.4, 0.5) is 16.2 Å². The molecule has 23 heavy (non-hydrogen) atoms. The summed E-state index contributed by atoms with van der Waals surface area (Å²) in [5.41, 5.74) is 1.73. The Balaban J connectivity index is 1.82. The summed E-state index contributed by atoms with van der Waals surface area (Å²) in [5, 5.41) is 10.5. The van der Waals surface area contributed by atoms with Crippen LogP contribution in [0.25, 0.3) is 5.69 Å². The van der Waals surface area contributed by atoms with Crippen molar-refractivity contribution in [2.45, 2.75) is 0 Å². The van der Waals surface area contributed by atoms with Crippen LogP contribution >= 0.6 is 23.2 Å². The molecule has 8 heteroatoms. The summed E-state index contributed by atoms with van der Waals surface area (Å²) in [7, 11) is 0. The Labute approximate surface area is 142 Å². The van der Waals surface area contributed by atoms with Gasteiger partial charge in [0.1, 0.15) is 12.7 Å². The van der Waals surface area contributed by atoms with Crippen molar-refractivity contribution in [1.82, 2.24) is 14.8 Å². The highest BCUT2D eigenvalue weighted by Crippen LogP contribution is 2.24. The van der Waals surface area contributed by atoms with E-state index in [0.29, 0.717) is 27.1 Å². The number of anilines is 2. The minimum absolute atomic E-state index is 0.420. The maximum atomic E-state index is 12.2. The third-order valence-corrected chi connectivity index (χ3v) is 3.43. The Morgan fingerprint density at radius 2 is 1.87 bits per heavy atom. The van der Waals surface area contributed by atoms with Crippen LogP contribution in [0.1, 0.15) is 0 Å². The standard InChI is InChI=1S/C15H11Cl2N5O/c16-10-2-1-3-12(6-10)20-15(23)21-13-7-11(17)4-5-14(13)22-9-18-8-19-22/h1-9H,(H2,20,21,23). The van der Waals surface area contributed by atoms with E-state index in [-0.39, 0.29) is 0 Å². The number of benzene rings is 2. The summed E-state index contributed by atoms with van der Waals surface area (Å²) in [4.78, 5) is 16.1. The molecule has 3 rings (SSSR count). The van der Waals surface area contributed by atoms with E-state index in [2.05, 4.69) is 20.7 Å². The zero-order chi connectivity index (χ0) is 16.2. The fourth-order valence-corrected chi connectivity index (χ4v) is 2.35. The van der Waals surface area contributed by atoms with E-state index >= 15 is 0 Å². The second-order valence-electron chi connectivity index (χ2n) is 4.59. The van der Waals surface area contributed by atoms with Gasteiger partial charge in [-0.2, -0.15) is 5.10 Å². The molecule has 0 atom stereocenters. The highest BCUT2D eigenvalue weighted by atomic mass is 35.5. The number of aromatic nitrogens is 3. The summed E-state index contributed by atoms with van der Waals surface area (Å²) in [6.07, 6.45) is 2.94. The molecule has 3 aromatic rings. The Hall–Kier alpha value is -2.57. The lowest BCUT2D eigenvalue weighted by molar-refractivity contribution is 0.262. The molecule has 0 spiro atoms. The van der Waals surface area contributed by atoms with Crippen molar-refractivity contribution in [3.8, 4) is 5.69 Å². The molecule has 2 N–H and O–H groups in total. The molecule has 0 bridgehead atoms. The summed E-state index contributed by atoms with van der Waals surface area (Å²) in [6, 6.07) is 11.5. The fraction of sp³-hybridized carbons (Fsp3) is 0. The van der Waals surface area contributed by atoms with Crippen molar-refractivity contribution in [1.29, 1.82) is 0 Å². The molecule has 0 aliphatic rings. The molecule has 0 fully saturated rings. The molecular weight excluding hydrogens is 337 g/mol. The normalized spacial score (nSPS) is 10.3. The summed E-state index contributed by atoms with van der Waals surface area (Å²) in [6.45, 7) is 0. The van der Waals surface area contributed by atoms with Gasteiger partial charge in [0, 0.05) is 15.7 Å². The average molecular weight is 348 g/mol. The zero-order valence-electron chi connectivity index (χ0n) is 11.7. The molecule has 2 aromatic carbocycles. The summed E-state index contributed by atoms with van der Waals surface area (Å²) in [5.74, 6) is 0. The number of hydrogen-bond acceptors (Lipinski definition) is 3. The number of amides is 2. The molecule has 0 aliphatic carbocycles. The number of nitrogens with zero attached hydrogens (tertiary/aromatic N) is 3. The maximum absolute atomic E-state index is 12.2. The number of urea groups is 1. The smallest absolute Gasteiger partial charge is 0.308 e. The molecular formula is C15H11Cl2N5O. The largest absolute Gasteiger partial charge is 0.323 e. The van der Waals surface area contributed by atoms with Gasteiger partial charge in [-0.15, -0.1) is 0 Å². The van der Waals surface area contributed by atoms with Gasteiger partial charge in [0.15, 0.2) is 0 Å². The number of nitrogens with one attached hydrogen (secondary N) is 2. The van der Waals surface area contributed by atoms with E-state index in [4.69, 9.17) is 23.2 Å². The monoisotopic (exact) mass is 347 g/mol. The number of carbonyl (C=O) groups is 1. The van der Waals surface area contributed by atoms with Crippen LogP contribution < -0.4 is 10.6 Å². The number of carbonyl (C=O) groups excluding carboxylic acids is 1. The molecule has 1 heterocycles. The average Bonchev–Trinajstić information content (AvgIpc) is 3.01. The van der Waals surface area contributed by atoms with E-state index in [1.807, 2.05) is 0 Å². The third-order valence-electron chi connectivity index (χ3n) is 2.95. The predicted molar refractivity (Wildman–Crippen MR) is 90.5 cm³/mol. The van der Waals surface area contributed by atoms with Crippen LogP contribution in [0.3, 0.4) is 0 Å². The number of halogens is 2. The van der Waals surface area contributed by atoms with Crippen molar-refractivity contribution >= 4 is 40.6 Å². The van der Waals surface area contributed by atoms with Gasteiger partial charge in [-0.3, -0.25) is 0 Å². The molecule has 0 saturated carbocycles. The van der Waals surface area contributed by atoms with Crippen LogP contribution in [0, 0.1) is 0 Å². The quantitative estimate of drug-likeness (QED) is 0.744. The first-order valence-electron chi connectivity index (χ1n) is 6.60. The van der Waals surface area contributed by atoms with Gasteiger partial charge < -0.3 is 10.6 Å². The summed E-state index contributed by atoms with van der Waals surface area (Å²) >= 11 is 11.9. The first-order valence-corrected chi connectivity index (χ1v) is 7.35. The Morgan fingerprint density at radius 3 is 2.61 bits per heavy atom. The van der Waals surface area contributed by atoms with Gasteiger partial charge in [0.25, 0.3) is 0 Å². The molecule has 0 saturated heterocycles. The highest BCUT2D eigenvalue weighted by Gasteiger charge is 2.10. The molecule has 0 unspecified atom stereocenters. The first kappa shape index (κ1) is 15.3. The Kier molecular flexibility index (Phi) is 4.45. The molecule has 0 radical (unpaired) electrons. The lowest BCUT2D eigenvalue weighted by Crippen LogP contribution is -2.20. The van der Waals surface area contributed by atoms with Crippen LogP contribution in [0.2, 0.25) is 10.0 Å². The molecule has 6 nitrogen and oxygen atoms in total. The van der Waals surface area contributed by atoms with Crippen LogP contribution in [-0.4, -0.2) is 20.8 Å². The number of hydrogen-bond donors (Lipinski definition) is 2. The Bertz CT molecular complexity index is 836. The van der Waals surface area contributed by atoms with Gasteiger partial charge in [0.05, 0.1) is 11.4 Å². The van der Waals surface area contributed by atoms with Crippen molar-refractivity contribution in [2.75, 3.05) is 10.6 Å². The van der Waals surface area contributed by atoms with Crippen molar-refractivity contribution in [3.63, 3.8) is 0 Å². The highest BCUT2D eigenvalue weighted by molar-refractivity contribution is 6.31. The van der Waals surface area contributed by atoms with Crippen LogP contribution in [-0.2, 0) is 0 Å². The second kappa shape index (κ2) is 6.68. The summed E-state index contributed by atoms with van der Waals surface area (Å²) < 4.78 is 1.53. The number of rotatable bonds is 3. The molecule has 116 valence electrons. The van der Waals surface area contributed by atoms with Gasteiger partial charge >= 0.3 is 6.03 Å². The minimum atomic E-state index is -0.420. The molecule has 2 amide bonds. The van der Waals surface area contributed by atoms with E-state index in [1.54, 1.807) is 42.5 Å². The van der Waals surface area contributed by atoms with Crippen LogP contribution in [0.5, 0.6) is 0 Å². The van der Waals surface area contributed by atoms with E-state index < -0.39 is 6.03 Å². The second-order valence-corrected chi connectivity index (χ2v) is 5.46. The Morgan fingerprint density at radius 1 is 1.04 bits per heavy atom. The zero-order valence-corrected chi connectivity index (χ0v) is 13.2. The van der Waals surface area contributed by atoms with E-state index in [0.717, 1.165) is 0 Å². The fourth-order valence-electron chi connectivity index (χ4n) is 1.99. The topological polar surface area (TPSA) is 71.8 Å². The molecule has 1 aromatic heterocycles. The van der Waals surface area contributed by atoms with Gasteiger partial charge in [0.2, 0.25) is 0 Å².